The number of hydrogen-bond donors (Lipinski definition) is 1. The first kappa shape index (κ1) is 36.7. The summed E-state index contributed by atoms with van der Waals surface area (Å²) in [6.07, 6.45) is 0.754. The van der Waals surface area contributed by atoms with Gasteiger partial charge in [-0.2, -0.15) is 5.26 Å². The summed E-state index contributed by atoms with van der Waals surface area (Å²) in [5.41, 5.74) is 6.73. The first-order valence-electron chi connectivity index (χ1n) is 17.0. The zero-order valence-corrected chi connectivity index (χ0v) is 30.5. The molecule has 4 aromatic carbocycles. The number of rotatable bonds is 7. The Balaban J connectivity index is 0.00000464. The molecule has 1 N–H and O–H groups in total. The molecule has 9 nitrogen and oxygen atoms in total. The second kappa shape index (κ2) is 15.6. The van der Waals surface area contributed by atoms with Crippen molar-refractivity contribution in [3.8, 4) is 23.1 Å². The molecule has 0 bridgehead atoms. The van der Waals surface area contributed by atoms with Crippen molar-refractivity contribution in [1.29, 1.82) is 5.26 Å². The van der Waals surface area contributed by atoms with E-state index in [1.54, 1.807) is 60.7 Å². The molecule has 2 aliphatic rings. The summed E-state index contributed by atoms with van der Waals surface area (Å²) in [7, 11) is 1.87. The van der Waals surface area contributed by atoms with E-state index in [9.17, 15) is 20.0 Å². The van der Waals surface area contributed by atoms with Crippen LogP contribution in [-0.4, -0.2) is 70.2 Å². The minimum atomic E-state index is -0.330. The van der Waals surface area contributed by atoms with E-state index in [1.807, 2.05) is 29.5 Å². The number of hydrogen-bond acceptors (Lipinski definition) is 6. The van der Waals surface area contributed by atoms with Crippen LogP contribution < -0.4 is 4.90 Å². The lowest BCUT2D eigenvalue weighted by Crippen LogP contribution is -2.52. The Morgan fingerprint density at radius 1 is 0.923 bits per heavy atom. The molecule has 1 atom stereocenters. The highest BCUT2D eigenvalue weighted by Crippen LogP contribution is 2.36. The third kappa shape index (κ3) is 7.29. The van der Waals surface area contributed by atoms with E-state index < -0.39 is 0 Å². The highest BCUT2D eigenvalue weighted by atomic mass is 35.5. The van der Waals surface area contributed by atoms with Gasteiger partial charge in [0, 0.05) is 72.5 Å². The second-order valence-electron chi connectivity index (χ2n) is 13.1. The topological polar surface area (TPSA) is 102 Å². The minimum Gasteiger partial charge on any atom is -0.508 e. The average molecular weight is 737 g/mol. The molecule has 5 aromatic rings. The van der Waals surface area contributed by atoms with Gasteiger partial charge in [-0.05, 0) is 91.2 Å². The molecule has 1 saturated heterocycles. The number of phenols is 1. The number of amides is 2. The third-order valence-electron chi connectivity index (χ3n) is 9.99. The number of anilines is 2. The molecule has 3 heterocycles. The molecule has 11 heteroatoms. The second-order valence-corrected chi connectivity index (χ2v) is 13.5. The summed E-state index contributed by atoms with van der Waals surface area (Å²) in [6, 6.07) is 30.7. The highest BCUT2D eigenvalue weighted by molar-refractivity contribution is 6.31. The van der Waals surface area contributed by atoms with E-state index in [-0.39, 0.29) is 36.0 Å². The first-order chi connectivity index (χ1) is 24.7. The van der Waals surface area contributed by atoms with E-state index in [0.717, 1.165) is 31.6 Å². The number of fused-ring (bicyclic) bond motifs is 1. The van der Waals surface area contributed by atoms with Gasteiger partial charge < -0.3 is 19.3 Å². The van der Waals surface area contributed by atoms with E-state index >= 15 is 0 Å². The smallest absolute Gasteiger partial charge is 0.264 e. The van der Waals surface area contributed by atoms with Crippen molar-refractivity contribution in [2.45, 2.75) is 25.9 Å². The molecule has 2 amide bonds. The lowest BCUT2D eigenvalue weighted by molar-refractivity contribution is 0.0193. The fraction of sp³-hybridized carbons (Fsp3) is 0.244. The zero-order valence-electron chi connectivity index (χ0n) is 29.0. The number of phenolic OH excluding ortho intramolecular Hbond substituents is 1. The Hall–Kier alpha value is -5.11. The molecule has 52 heavy (non-hydrogen) atoms. The predicted molar refractivity (Wildman–Crippen MR) is 205 cm³/mol. The van der Waals surface area contributed by atoms with Crippen LogP contribution in [0.15, 0.2) is 97.1 Å². The van der Waals surface area contributed by atoms with Crippen LogP contribution >= 0.6 is 24.0 Å². The van der Waals surface area contributed by atoms with E-state index in [2.05, 4.69) is 29.2 Å². The van der Waals surface area contributed by atoms with Gasteiger partial charge in [0.25, 0.3) is 11.8 Å². The monoisotopic (exact) mass is 735 g/mol. The summed E-state index contributed by atoms with van der Waals surface area (Å²) < 4.78 is 7.51. The number of morpholine rings is 1. The predicted octanol–water partition coefficient (Wildman–Crippen LogP) is 7.53. The number of aromatic nitrogens is 1. The van der Waals surface area contributed by atoms with E-state index in [0.29, 0.717) is 69.8 Å². The molecule has 266 valence electrons. The van der Waals surface area contributed by atoms with Crippen molar-refractivity contribution in [3.63, 3.8) is 0 Å². The molecule has 0 unspecified atom stereocenters. The standard InChI is InChI=1S/C41H38ClN5O4.ClH/c1-27-37(41(50)47(32-11-13-35(48)14-12-32)33-9-5-6-28(20-33)24-43)23-39(44(27)2)38-22-31(42)10-15-36(38)40(49)46-25-30-8-4-3-7-29(30)21-34(46)26-45-16-18-51-19-17-45;/h3-15,20,22-23,34,48H,16-19,21,25-26H2,1-2H3;1H/t34-;/m0./s1. The normalized spacial score (nSPS) is 15.7. The van der Waals surface area contributed by atoms with E-state index in [1.165, 1.54) is 22.6 Å². The maximum Gasteiger partial charge on any atom is 0.264 e. The van der Waals surface area contributed by atoms with Crippen molar-refractivity contribution in [2.75, 3.05) is 37.7 Å². The number of nitrogens with zero attached hydrogens (tertiary/aromatic N) is 5. The van der Waals surface area contributed by atoms with Crippen LogP contribution in [0.5, 0.6) is 5.75 Å². The number of carbonyl (C=O) groups is 2. The fourth-order valence-corrected chi connectivity index (χ4v) is 7.31. The fourth-order valence-electron chi connectivity index (χ4n) is 7.13. The Kier molecular flexibility index (Phi) is 11.0. The number of nitriles is 1. The summed E-state index contributed by atoms with van der Waals surface area (Å²) in [5.74, 6) is -0.360. The molecule has 0 radical (unpaired) electrons. The van der Waals surface area contributed by atoms with Gasteiger partial charge in [0.2, 0.25) is 0 Å². The average Bonchev–Trinajstić information content (AvgIpc) is 3.45. The largest absolute Gasteiger partial charge is 0.508 e. The maximum absolute atomic E-state index is 14.8. The summed E-state index contributed by atoms with van der Waals surface area (Å²) in [6.45, 7) is 6.12. The first-order valence-corrected chi connectivity index (χ1v) is 17.4. The quantitative estimate of drug-likeness (QED) is 0.186. The number of benzene rings is 4. The van der Waals surface area contributed by atoms with Gasteiger partial charge in [-0.25, -0.2) is 0 Å². The van der Waals surface area contributed by atoms with Crippen LogP contribution in [-0.2, 0) is 24.8 Å². The Morgan fingerprint density at radius 3 is 2.38 bits per heavy atom. The maximum atomic E-state index is 14.8. The van der Waals surface area contributed by atoms with Crippen LogP contribution in [0, 0.1) is 18.3 Å². The molecule has 7 rings (SSSR count). The van der Waals surface area contributed by atoms with E-state index in [4.69, 9.17) is 16.3 Å². The Morgan fingerprint density at radius 2 is 1.65 bits per heavy atom. The summed E-state index contributed by atoms with van der Waals surface area (Å²) >= 11 is 6.62. The van der Waals surface area contributed by atoms with Gasteiger partial charge >= 0.3 is 0 Å². The Labute approximate surface area is 314 Å². The molecular formula is C41H39Cl2N5O4. The SMILES string of the molecule is Cc1c(C(=O)N(c2ccc(O)cc2)c2cccc(C#N)c2)cc(-c2cc(Cl)ccc2C(=O)N2Cc3ccccc3C[C@H]2CN2CCOCC2)n1C.Cl. The van der Waals surface area contributed by atoms with Crippen molar-refractivity contribution in [2.24, 2.45) is 7.05 Å². The van der Waals surface area contributed by atoms with Crippen LogP contribution in [0.4, 0.5) is 11.4 Å². The number of halogens is 2. The molecule has 1 fully saturated rings. The van der Waals surface area contributed by atoms with Gasteiger partial charge in [0.1, 0.15) is 5.75 Å². The molecule has 0 aliphatic carbocycles. The lowest BCUT2D eigenvalue weighted by Gasteiger charge is -2.40. The highest BCUT2D eigenvalue weighted by Gasteiger charge is 2.34. The van der Waals surface area contributed by atoms with Crippen LogP contribution in [0.25, 0.3) is 11.3 Å². The molecule has 2 aliphatic heterocycles. The molecule has 1 aromatic heterocycles. The van der Waals surface area contributed by atoms with Crippen LogP contribution in [0.1, 0.15) is 43.1 Å². The number of ether oxygens (including phenoxy) is 1. The van der Waals surface area contributed by atoms with Crippen molar-refractivity contribution >= 4 is 47.2 Å². The molecule has 0 saturated carbocycles. The zero-order chi connectivity index (χ0) is 35.6. The van der Waals surface area contributed by atoms with Crippen molar-refractivity contribution in [1.82, 2.24) is 14.4 Å². The summed E-state index contributed by atoms with van der Waals surface area (Å²) in [5, 5.41) is 20.1. The Bertz CT molecular complexity index is 2150. The minimum absolute atomic E-state index is 0. The molecular weight excluding hydrogens is 697 g/mol. The van der Waals surface area contributed by atoms with Gasteiger partial charge in [-0.1, -0.05) is 41.9 Å². The van der Waals surface area contributed by atoms with Gasteiger partial charge in [0.05, 0.1) is 36.1 Å². The number of aromatic hydroxyl groups is 1. The van der Waals surface area contributed by atoms with Crippen LogP contribution in [0.2, 0.25) is 5.02 Å². The van der Waals surface area contributed by atoms with Gasteiger partial charge in [-0.3, -0.25) is 19.4 Å². The van der Waals surface area contributed by atoms with Gasteiger partial charge in [0.15, 0.2) is 0 Å². The van der Waals surface area contributed by atoms with Crippen molar-refractivity contribution < 1.29 is 19.4 Å². The van der Waals surface area contributed by atoms with Gasteiger partial charge in [-0.15, -0.1) is 12.4 Å². The van der Waals surface area contributed by atoms with Crippen molar-refractivity contribution in [3.05, 3.63) is 136 Å². The molecule has 0 spiro atoms. The number of carbonyl (C=O) groups excluding carboxylic acids is 2. The third-order valence-corrected chi connectivity index (χ3v) is 10.2. The lowest BCUT2D eigenvalue weighted by atomic mass is 9.92. The summed E-state index contributed by atoms with van der Waals surface area (Å²) in [4.78, 5) is 35.2. The van der Waals surface area contributed by atoms with Crippen LogP contribution in [0.3, 0.4) is 0 Å².